The largest absolute Gasteiger partial charge is 0.507 e. The molecule has 0 bridgehead atoms. The average molecular weight is 463 g/mol. The summed E-state index contributed by atoms with van der Waals surface area (Å²) in [4.78, 5) is 32.0. The van der Waals surface area contributed by atoms with E-state index >= 15 is 0 Å². The van der Waals surface area contributed by atoms with Crippen molar-refractivity contribution >= 4 is 29.1 Å². The van der Waals surface area contributed by atoms with Crippen LogP contribution in [0.15, 0.2) is 66.5 Å². The predicted octanol–water partition coefficient (Wildman–Crippen LogP) is 4.98. The number of ketones is 1. The molecule has 33 heavy (non-hydrogen) atoms. The molecule has 3 aromatic rings. The lowest BCUT2D eigenvalue weighted by Gasteiger charge is -2.26. The van der Waals surface area contributed by atoms with E-state index in [-0.39, 0.29) is 29.2 Å². The quantitative estimate of drug-likeness (QED) is 0.328. The summed E-state index contributed by atoms with van der Waals surface area (Å²) in [5, 5.41) is 11.7. The maximum atomic E-state index is 13.3. The maximum absolute atomic E-state index is 13.3. The number of hydrogen-bond acceptors (Lipinski definition) is 5. The van der Waals surface area contributed by atoms with Crippen LogP contribution in [0, 0.1) is 13.8 Å². The summed E-state index contributed by atoms with van der Waals surface area (Å²) < 4.78 is 5.42. The van der Waals surface area contributed by atoms with Crippen LogP contribution in [0.5, 0.6) is 5.75 Å². The van der Waals surface area contributed by atoms with Gasteiger partial charge in [-0.2, -0.15) is 0 Å². The average Bonchev–Trinajstić information content (AvgIpc) is 3.04. The van der Waals surface area contributed by atoms with Crippen LogP contribution in [0.3, 0.4) is 0 Å². The van der Waals surface area contributed by atoms with Gasteiger partial charge in [0.15, 0.2) is 0 Å². The van der Waals surface area contributed by atoms with Gasteiger partial charge in [-0.05, 0) is 60.4 Å². The van der Waals surface area contributed by atoms with Gasteiger partial charge in [0.1, 0.15) is 11.5 Å². The van der Waals surface area contributed by atoms with Crippen LogP contribution in [0.1, 0.15) is 33.9 Å². The topological polar surface area (TPSA) is 79.7 Å². The van der Waals surface area contributed by atoms with Gasteiger partial charge >= 0.3 is 0 Å². The first-order chi connectivity index (χ1) is 15.8. The minimum Gasteiger partial charge on any atom is -0.507 e. The number of benzene rings is 2. The van der Waals surface area contributed by atoms with E-state index in [0.29, 0.717) is 5.02 Å². The van der Waals surface area contributed by atoms with Gasteiger partial charge in [0.2, 0.25) is 0 Å². The molecule has 0 radical (unpaired) electrons. The van der Waals surface area contributed by atoms with E-state index in [1.54, 1.807) is 36.7 Å². The smallest absolute Gasteiger partial charge is 0.295 e. The summed E-state index contributed by atoms with van der Waals surface area (Å²) in [6.07, 6.45) is 3.27. The van der Waals surface area contributed by atoms with Crippen molar-refractivity contribution in [2.45, 2.75) is 26.4 Å². The molecule has 0 aliphatic carbocycles. The van der Waals surface area contributed by atoms with Gasteiger partial charge < -0.3 is 14.7 Å². The molecule has 7 heteroatoms. The third-order valence-corrected chi connectivity index (χ3v) is 6.05. The molecule has 1 atom stereocenters. The number of rotatable bonds is 5. The summed E-state index contributed by atoms with van der Waals surface area (Å²) in [5.74, 6) is -1.52. The first-order valence-corrected chi connectivity index (χ1v) is 10.8. The first-order valence-electron chi connectivity index (χ1n) is 10.4. The fraction of sp³-hybridized carbons (Fsp3) is 0.192. The van der Waals surface area contributed by atoms with Crippen molar-refractivity contribution in [2.24, 2.45) is 0 Å². The van der Waals surface area contributed by atoms with Gasteiger partial charge in [0.25, 0.3) is 11.7 Å². The van der Waals surface area contributed by atoms with Crippen LogP contribution in [0.2, 0.25) is 5.02 Å². The van der Waals surface area contributed by atoms with Crippen molar-refractivity contribution in [3.63, 3.8) is 0 Å². The number of amides is 1. The monoisotopic (exact) mass is 462 g/mol. The number of hydrogen-bond donors (Lipinski definition) is 1. The van der Waals surface area contributed by atoms with Gasteiger partial charge in [-0.1, -0.05) is 35.9 Å². The molecule has 0 spiro atoms. The Bertz CT molecular complexity index is 1270. The molecular weight excluding hydrogens is 440 g/mol. The van der Waals surface area contributed by atoms with E-state index in [1.807, 2.05) is 38.1 Å². The number of methoxy groups -OCH3 is 1. The molecule has 1 aliphatic rings. The van der Waals surface area contributed by atoms with Crippen LogP contribution >= 0.6 is 11.6 Å². The number of aliphatic hydroxyl groups excluding tert-OH is 1. The van der Waals surface area contributed by atoms with Crippen LogP contribution < -0.4 is 4.74 Å². The molecule has 1 fully saturated rings. The van der Waals surface area contributed by atoms with Crippen LogP contribution in [-0.2, 0) is 16.1 Å². The highest BCUT2D eigenvalue weighted by molar-refractivity contribution is 6.46. The van der Waals surface area contributed by atoms with Crippen LogP contribution in [0.4, 0.5) is 0 Å². The number of halogens is 1. The molecule has 1 unspecified atom stereocenters. The SMILES string of the molecule is COc1c(Cl)cc(C)cc1/C(O)=C1\C(=O)C(=O)N(Cc2ccncc2)C1c1ccccc1C. The molecule has 168 valence electrons. The van der Waals surface area contributed by atoms with Crippen molar-refractivity contribution in [3.8, 4) is 5.75 Å². The number of carbonyl (C=O) groups is 2. The Balaban J connectivity index is 1.95. The normalized spacial score (nSPS) is 17.5. The zero-order valence-electron chi connectivity index (χ0n) is 18.5. The molecule has 2 heterocycles. The van der Waals surface area contributed by atoms with E-state index in [9.17, 15) is 14.7 Å². The lowest BCUT2D eigenvalue weighted by molar-refractivity contribution is -0.140. The summed E-state index contributed by atoms with van der Waals surface area (Å²) >= 11 is 6.34. The van der Waals surface area contributed by atoms with Crippen LogP contribution in [0.25, 0.3) is 5.76 Å². The number of aryl methyl sites for hydroxylation is 2. The molecule has 4 rings (SSSR count). The number of ether oxygens (including phenoxy) is 1. The molecule has 1 aromatic heterocycles. The Labute approximate surface area is 197 Å². The van der Waals surface area contributed by atoms with Crippen molar-refractivity contribution in [1.82, 2.24) is 9.88 Å². The number of carbonyl (C=O) groups excluding carboxylic acids is 2. The lowest BCUT2D eigenvalue weighted by atomic mass is 9.92. The highest BCUT2D eigenvalue weighted by Gasteiger charge is 2.46. The van der Waals surface area contributed by atoms with Crippen molar-refractivity contribution < 1.29 is 19.4 Å². The van der Waals surface area contributed by atoms with E-state index < -0.39 is 17.7 Å². The molecule has 1 amide bonds. The molecule has 1 N–H and O–H groups in total. The Morgan fingerprint density at radius 3 is 2.48 bits per heavy atom. The van der Waals surface area contributed by atoms with E-state index in [1.165, 1.54) is 12.0 Å². The Hall–Kier alpha value is -3.64. The fourth-order valence-electron chi connectivity index (χ4n) is 4.20. The number of aliphatic hydroxyl groups is 1. The van der Waals surface area contributed by atoms with Gasteiger partial charge in [0, 0.05) is 18.9 Å². The van der Waals surface area contributed by atoms with Crippen LogP contribution in [-0.4, -0.2) is 33.8 Å². The molecule has 0 saturated carbocycles. The zero-order valence-corrected chi connectivity index (χ0v) is 19.3. The summed E-state index contributed by atoms with van der Waals surface area (Å²) in [7, 11) is 1.44. The summed E-state index contributed by atoms with van der Waals surface area (Å²) in [6, 6.07) is 13.7. The number of Topliss-reactive ketones (excluding diaryl/α,β-unsaturated/α-hetero) is 1. The Morgan fingerprint density at radius 2 is 1.82 bits per heavy atom. The second kappa shape index (κ2) is 9.08. The predicted molar refractivity (Wildman–Crippen MR) is 126 cm³/mol. The molecule has 1 saturated heterocycles. The lowest BCUT2D eigenvalue weighted by Crippen LogP contribution is -2.29. The van der Waals surface area contributed by atoms with Gasteiger partial charge in [-0.3, -0.25) is 14.6 Å². The second-order valence-corrected chi connectivity index (χ2v) is 8.37. The van der Waals surface area contributed by atoms with E-state index in [0.717, 1.165) is 22.3 Å². The van der Waals surface area contributed by atoms with Gasteiger partial charge in [-0.25, -0.2) is 0 Å². The molecule has 1 aliphatic heterocycles. The number of likely N-dealkylation sites (tertiary alicyclic amines) is 1. The standard InChI is InChI=1S/C26H23ClN2O4/c1-15-12-19(25(33-3)20(27)13-15)23(30)21-22(18-7-5-4-6-16(18)2)29(26(32)24(21)31)14-17-8-10-28-11-9-17/h4-13,22,30H,14H2,1-3H3/b23-21+. The highest BCUT2D eigenvalue weighted by Crippen LogP contribution is 2.43. The second-order valence-electron chi connectivity index (χ2n) is 7.97. The molecule has 2 aromatic carbocycles. The third kappa shape index (κ3) is 4.10. The molecular formula is C26H23ClN2O4. The van der Waals surface area contributed by atoms with Gasteiger partial charge in [0.05, 0.1) is 29.3 Å². The fourth-order valence-corrected chi connectivity index (χ4v) is 4.55. The minimum atomic E-state index is -0.775. The van der Waals surface area contributed by atoms with E-state index in [4.69, 9.17) is 16.3 Å². The maximum Gasteiger partial charge on any atom is 0.295 e. The van der Waals surface area contributed by atoms with Crippen molar-refractivity contribution in [3.05, 3.63) is 99.3 Å². The highest BCUT2D eigenvalue weighted by atomic mass is 35.5. The number of aromatic nitrogens is 1. The number of nitrogens with zero attached hydrogens (tertiary/aromatic N) is 2. The Kier molecular flexibility index (Phi) is 6.20. The third-order valence-electron chi connectivity index (χ3n) is 5.77. The summed E-state index contributed by atoms with van der Waals surface area (Å²) in [5.41, 5.74) is 3.52. The van der Waals surface area contributed by atoms with Crippen molar-refractivity contribution in [2.75, 3.05) is 7.11 Å². The molecule has 6 nitrogen and oxygen atoms in total. The van der Waals surface area contributed by atoms with Crippen molar-refractivity contribution in [1.29, 1.82) is 0 Å². The Morgan fingerprint density at radius 1 is 1.12 bits per heavy atom. The minimum absolute atomic E-state index is 0.00308. The summed E-state index contributed by atoms with van der Waals surface area (Å²) in [6.45, 7) is 3.92. The zero-order chi connectivity index (χ0) is 23.7. The van der Waals surface area contributed by atoms with Gasteiger partial charge in [-0.15, -0.1) is 0 Å². The first kappa shape index (κ1) is 22.6. The number of pyridine rings is 1. The van der Waals surface area contributed by atoms with E-state index in [2.05, 4.69) is 4.98 Å².